The van der Waals surface area contributed by atoms with Gasteiger partial charge in [-0.15, -0.1) is 0 Å². The van der Waals surface area contributed by atoms with Crippen LogP contribution in [0.25, 0.3) is 0 Å². The van der Waals surface area contributed by atoms with E-state index in [4.69, 9.17) is 5.11 Å². The maximum atomic E-state index is 13.0. The minimum Gasteiger partial charge on any atom is -0.392 e. The molecule has 1 aromatic carbocycles. The van der Waals surface area contributed by atoms with E-state index in [1.807, 2.05) is 0 Å². The van der Waals surface area contributed by atoms with Gasteiger partial charge in [-0.3, -0.25) is 0 Å². The van der Waals surface area contributed by atoms with E-state index in [-0.39, 0.29) is 12.2 Å². The number of alkyl halides is 3. The Hall–Kier alpha value is -1.07. The Labute approximate surface area is 96.7 Å². The molecule has 1 unspecified atom stereocenters. The molecule has 1 aliphatic carbocycles. The normalized spacial score (nSPS) is 20.1. The van der Waals surface area contributed by atoms with Gasteiger partial charge in [0.15, 0.2) is 5.60 Å². The van der Waals surface area contributed by atoms with Crippen LogP contribution in [0.4, 0.5) is 13.2 Å². The highest BCUT2D eigenvalue weighted by atomic mass is 19.4. The Morgan fingerprint density at radius 3 is 2.00 bits per heavy atom. The number of aliphatic hydroxyl groups excluding tert-OH is 1. The zero-order chi connectivity index (χ0) is 12.7. The molecule has 0 radical (unpaired) electrons. The monoisotopic (exact) mass is 246 g/mol. The van der Waals surface area contributed by atoms with Crippen molar-refractivity contribution in [2.75, 3.05) is 0 Å². The van der Waals surface area contributed by atoms with Crippen LogP contribution in [0.5, 0.6) is 0 Å². The van der Waals surface area contributed by atoms with Gasteiger partial charge in [0.1, 0.15) is 0 Å². The number of aliphatic hydroxyl groups is 2. The molecule has 2 rings (SSSR count). The predicted molar refractivity (Wildman–Crippen MR) is 55.0 cm³/mol. The molecule has 0 saturated heterocycles. The second-order valence-corrected chi connectivity index (χ2v) is 4.39. The summed E-state index contributed by atoms with van der Waals surface area (Å²) < 4.78 is 38.9. The van der Waals surface area contributed by atoms with Crippen molar-refractivity contribution in [2.45, 2.75) is 31.2 Å². The van der Waals surface area contributed by atoms with Crippen molar-refractivity contribution in [2.24, 2.45) is 5.92 Å². The molecule has 2 nitrogen and oxygen atoms in total. The van der Waals surface area contributed by atoms with Crippen LogP contribution in [-0.4, -0.2) is 16.4 Å². The number of hydrogen-bond acceptors (Lipinski definition) is 2. The lowest BCUT2D eigenvalue weighted by Crippen LogP contribution is -2.44. The van der Waals surface area contributed by atoms with Gasteiger partial charge in [-0.25, -0.2) is 0 Å². The van der Waals surface area contributed by atoms with E-state index in [9.17, 15) is 18.3 Å². The van der Waals surface area contributed by atoms with Crippen LogP contribution in [0.2, 0.25) is 0 Å². The average molecular weight is 246 g/mol. The van der Waals surface area contributed by atoms with Gasteiger partial charge in [0.25, 0.3) is 0 Å². The van der Waals surface area contributed by atoms with Crippen molar-refractivity contribution in [3.8, 4) is 0 Å². The van der Waals surface area contributed by atoms with Crippen molar-refractivity contribution < 1.29 is 23.4 Å². The van der Waals surface area contributed by atoms with Crippen molar-refractivity contribution in [1.82, 2.24) is 0 Å². The van der Waals surface area contributed by atoms with Gasteiger partial charge in [-0.2, -0.15) is 13.2 Å². The quantitative estimate of drug-likeness (QED) is 0.859. The second-order valence-electron chi connectivity index (χ2n) is 4.39. The molecule has 0 aliphatic heterocycles. The number of halogens is 3. The van der Waals surface area contributed by atoms with Gasteiger partial charge in [0.2, 0.25) is 0 Å². The zero-order valence-corrected chi connectivity index (χ0v) is 9.04. The molecule has 1 fully saturated rings. The Balaban J connectivity index is 2.39. The molecule has 1 atom stereocenters. The van der Waals surface area contributed by atoms with E-state index in [2.05, 4.69) is 0 Å². The van der Waals surface area contributed by atoms with E-state index in [0.717, 1.165) is 0 Å². The van der Waals surface area contributed by atoms with Gasteiger partial charge in [-0.1, -0.05) is 24.3 Å². The van der Waals surface area contributed by atoms with Crippen LogP contribution in [-0.2, 0) is 12.2 Å². The first-order valence-electron chi connectivity index (χ1n) is 5.39. The van der Waals surface area contributed by atoms with Crippen molar-refractivity contribution in [3.63, 3.8) is 0 Å². The lowest BCUT2D eigenvalue weighted by Gasteiger charge is -2.31. The third-order valence-electron chi connectivity index (χ3n) is 3.18. The fourth-order valence-corrected chi connectivity index (χ4v) is 2.00. The molecule has 1 saturated carbocycles. The molecule has 0 bridgehead atoms. The van der Waals surface area contributed by atoms with Gasteiger partial charge in [0, 0.05) is 5.92 Å². The molecule has 0 amide bonds. The maximum absolute atomic E-state index is 13.0. The molecule has 2 N–H and O–H groups in total. The topological polar surface area (TPSA) is 40.5 Å². The summed E-state index contributed by atoms with van der Waals surface area (Å²) in [5.41, 5.74) is -2.38. The van der Waals surface area contributed by atoms with Gasteiger partial charge >= 0.3 is 6.18 Å². The van der Waals surface area contributed by atoms with Crippen LogP contribution in [0, 0.1) is 5.92 Å². The first-order valence-corrected chi connectivity index (χ1v) is 5.39. The third kappa shape index (κ3) is 2.05. The van der Waals surface area contributed by atoms with Crippen LogP contribution < -0.4 is 0 Å². The first-order chi connectivity index (χ1) is 7.89. The minimum absolute atomic E-state index is 0.148. The highest BCUT2D eigenvalue weighted by Gasteiger charge is 2.62. The van der Waals surface area contributed by atoms with E-state index < -0.39 is 17.7 Å². The largest absolute Gasteiger partial charge is 0.421 e. The average Bonchev–Trinajstić information content (AvgIpc) is 3.10. The molecular formula is C12H13F3O2. The summed E-state index contributed by atoms with van der Waals surface area (Å²) in [6.45, 7) is -0.228. The van der Waals surface area contributed by atoms with E-state index in [1.165, 1.54) is 24.3 Å². The molecule has 17 heavy (non-hydrogen) atoms. The highest BCUT2D eigenvalue weighted by Crippen LogP contribution is 2.54. The van der Waals surface area contributed by atoms with Crippen molar-refractivity contribution in [1.29, 1.82) is 0 Å². The standard InChI is InChI=1S/C12H13F3O2/c13-12(14,15)11(17,10-5-6-10)9-3-1-8(7-16)2-4-9/h1-4,10,16-17H,5-7H2. The molecule has 0 aromatic heterocycles. The lowest BCUT2D eigenvalue weighted by molar-refractivity contribution is -0.275. The molecular weight excluding hydrogens is 233 g/mol. The van der Waals surface area contributed by atoms with Crippen LogP contribution in [0.15, 0.2) is 24.3 Å². The Morgan fingerprint density at radius 2 is 1.65 bits per heavy atom. The molecule has 1 aliphatic rings. The van der Waals surface area contributed by atoms with Crippen molar-refractivity contribution >= 4 is 0 Å². The smallest absolute Gasteiger partial charge is 0.392 e. The molecule has 94 valence electrons. The Bertz CT molecular complexity index is 395. The molecule has 5 heteroatoms. The zero-order valence-electron chi connectivity index (χ0n) is 9.04. The Kier molecular flexibility index (Phi) is 2.91. The Morgan fingerprint density at radius 1 is 1.12 bits per heavy atom. The van der Waals surface area contributed by atoms with Gasteiger partial charge in [0.05, 0.1) is 6.61 Å². The second kappa shape index (κ2) is 3.99. The SMILES string of the molecule is OCc1ccc(C(O)(C2CC2)C(F)(F)F)cc1. The first kappa shape index (κ1) is 12.4. The van der Waals surface area contributed by atoms with Crippen molar-refractivity contribution in [3.05, 3.63) is 35.4 Å². The summed E-state index contributed by atoms with van der Waals surface area (Å²) in [7, 11) is 0. The fraction of sp³-hybridized carbons (Fsp3) is 0.500. The van der Waals surface area contributed by atoms with Crippen LogP contribution in [0.3, 0.4) is 0 Å². The number of rotatable bonds is 3. The number of benzene rings is 1. The van der Waals surface area contributed by atoms with E-state index in [1.54, 1.807) is 0 Å². The summed E-state index contributed by atoms with van der Waals surface area (Å²) in [5, 5.41) is 18.8. The molecule has 1 aromatic rings. The fourth-order valence-electron chi connectivity index (χ4n) is 2.00. The summed E-state index contributed by atoms with van der Waals surface area (Å²) in [6.07, 6.45) is -3.90. The maximum Gasteiger partial charge on any atom is 0.421 e. The third-order valence-corrected chi connectivity index (χ3v) is 3.18. The van der Waals surface area contributed by atoms with E-state index in [0.29, 0.717) is 18.4 Å². The minimum atomic E-state index is -4.67. The highest BCUT2D eigenvalue weighted by molar-refractivity contribution is 5.30. The number of hydrogen-bond donors (Lipinski definition) is 2. The predicted octanol–water partition coefficient (Wildman–Crippen LogP) is 2.34. The van der Waals surface area contributed by atoms with Crippen LogP contribution >= 0.6 is 0 Å². The summed E-state index contributed by atoms with van der Waals surface area (Å²) in [5.74, 6) is -0.748. The molecule has 0 heterocycles. The summed E-state index contributed by atoms with van der Waals surface area (Å²) >= 11 is 0. The van der Waals surface area contributed by atoms with Gasteiger partial charge in [-0.05, 0) is 24.0 Å². The van der Waals surface area contributed by atoms with E-state index >= 15 is 0 Å². The molecule has 0 spiro atoms. The summed E-state index contributed by atoms with van der Waals surface area (Å²) in [4.78, 5) is 0. The summed E-state index contributed by atoms with van der Waals surface area (Å²) in [6, 6.07) is 5.26. The lowest BCUT2D eigenvalue weighted by atomic mass is 9.87. The van der Waals surface area contributed by atoms with Crippen LogP contribution in [0.1, 0.15) is 24.0 Å². The van der Waals surface area contributed by atoms with Gasteiger partial charge < -0.3 is 10.2 Å².